The van der Waals surface area contributed by atoms with Gasteiger partial charge >= 0.3 is 0 Å². The maximum Gasteiger partial charge on any atom is 0.134 e. The maximum absolute atomic E-state index is 5.78. The SMILES string of the molecule is C#CCCCNC(C)c1cc2ccccc2o1. The van der Waals surface area contributed by atoms with E-state index in [0.717, 1.165) is 36.1 Å². The number of benzene rings is 1. The second-order valence-electron chi connectivity index (χ2n) is 4.17. The minimum absolute atomic E-state index is 0.222. The van der Waals surface area contributed by atoms with Gasteiger partial charge in [-0.15, -0.1) is 12.3 Å². The van der Waals surface area contributed by atoms with Gasteiger partial charge in [0.1, 0.15) is 11.3 Å². The van der Waals surface area contributed by atoms with Crippen LogP contribution in [0, 0.1) is 12.3 Å². The van der Waals surface area contributed by atoms with Gasteiger partial charge < -0.3 is 9.73 Å². The normalized spacial score (nSPS) is 12.5. The third-order valence-electron chi connectivity index (χ3n) is 2.82. The molecule has 2 nitrogen and oxygen atoms in total. The molecule has 1 unspecified atom stereocenters. The maximum atomic E-state index is 5.78. The van der Waals surface area contributed by atoms with Gasteiger partial charge in [0.15, 0.2) is 0 Å². The predicted molar refractivity (Wildman–Crippen MR) is 70.7 cm³/mol. The zero-order valence-corrected chi connectivity index (χ0v) is 10.1. The fourth-order valence-corrected chi connectivity index (χ4v) is 1.83. The molecule has 0 radical (unpaired) electrons. The lowest BCUT2D eigenvalue weighted by atomic mass is 10.2. The number of furan rings is 1. The summed E-state index contributed by atoms with van der Waals surface area (Å²) in [6, 6.07) is 10.4. The Balaban J connectivity index is 1.99. The molecule has 0 saturated carbocycles. The number of hydrogen-bond donors (Lipinski definition) is 1. The standard InChI is InChI=1S/C15H17NO/c1-3-4-7-10-16-12(2)15-11-13-8-5-6-9-14(13)17-15/h1,5-6,8-9,11-12,16H,4,7,10H2,2H3. The van der Waals surface area contributed by atoms with E-state index in [1.54, 1.807) is 0 Å². The molecule has 1 N–H and O–H groups in total. The summed E-state index contributed by atoms with van der Waals surface area (Å²) in [6.45, 7) is 3.02. The molecule has 0 aliphatic rings. The van der Waals surface area contributed by atoms with Gasteiger partial charge in [-0.25, -0.2) is 0 Å². The third-order valence-corrected chi connectivity index (χ3v) is 2.82. The monoisotopic (exact) mass is 227 g/mol. The van der Waals surface area contributed by atoms with Gasteiger partial charge in [-0.1, -0.05) is 18.2 Å². The highest BCUT2D eigenvalue weighted by Gasteiger charge is 2.09. The number of para-hydroxylation sites is 1. The van der Waals surface area contributed by atoms with Crippen LogP contribution in [0.1, 0.15) is 31.6 Å². The van der Waals surface area contributed by atoms with E-state index in [4.69, 9.17) is 10.8 Å². The lowest BCUT2D eigenvalue weighted by Crippen LogP contribution is -2.19. The molecule has 17 heavy (non-hydrogen) atoms. The molecular weight excluding hydrogens is 210 g/mol. The quantitative estimate of drug-likeness (QED) is 0.624. The first-order valence-electron chi connectivity index (χ1n) is 5.96. The summed E-state index contributed by atoms with van der Waals surface area (Å²) < 4.78 is 5.78. The zero-order valence-electron chi connectivity index (χ0n) is 10.1. The molecule has 0 aliphatic carbocycles. The van der Waals surface area contributed by atoms with Crippen LogP contribution >= 0.6 is 0 Å². The minimum atomic E-state index is 0.222. The van der Waals surface area contributed by atoms with E-state index in [-0.39, 0.29) is 6.04 Å². The first-order valence-corrected chi connectivity index (χ1v) is 5.96. The Morgan fingerprint density at radius 2 is 2.24 bits per heavy atom. The molecule has 0 bridgehead atoms. The molecule has 88 valence electrons. The van der Waals surface area contributed by atoms with Gasteiger partial charge in [-0.3, -0.25) is 0 Å². The topological polar surface area (TPSA) is 25.2 Å². The molecule has 1 aromatic heterocycles. The minimum Gasteiger partial charge on any atom is -0.459 e. The average Bonchev–Trinajstić information content (AvgIpc) is 2.78. The Bertz CT molecular complexity index is 488. The fraction of sp³-hybridized carbons (Fsp3) is 0.333. The van der Waals surface area contributed by atoms with E-state index >= 15 is 0 Å². The number of fused-ring (bicyclic) bond motifs is 1. The highest BCUT2D eigenvalue weighted by atomic mass is 16.3. The molecule has 2 rings (SSSR count). The Labute approximate surface area is 102 Å². The average molecular weight is 227 g/mol. The van der Waals surface area contributed by atoms with Crippen LogP contribution < -0.4 is 5.32 Å². The number of terminal acetylenes is 1. The molecule has 0 saturated heterocycles. The van der Waals surface area contributed by atoms with E-state index in [1.807, 2.05) is 18.2 Å². The first-order chi connectivity index (χ1) is 8.31. The van der Waals surface area contributed by atoms with Gasteiger partial charge in [0.05, 0.1) is 6.04 Å². The third kappa shape index (κ3) is 2.89. The van der Waals surface area contributed by atoms with E-state index in [9.17, 15) is 0 Å². The molecular formula is C15H17NO. The molecule has 0 spiro atoms. The molecule has 1 atom stereocenters. The number of rotatable bonds is 5. The van der Waals surface area contributed by atoms with Crippen molar-refractivity contribution in [2.24, 2.45) is 0 Å². The number of nitrogens with one attached hydrogen (secondary N) is 1. The van der Waals surface area contributed by atoms with Crippen molar-refractivity contribution in [2.45, 2.75) is 25.8 Å². The highest BCUT2D eigenvalue weighted by Crippen LogP contribution is 2.23. The largest absolute Gasteiger partial charge is 0.459 e. The van der Waals surface area contributed by atoms with Gasteiger partial charge in [-0.2, -0.15) is 0 Å². The van der Waals surface area contributed by atoms with Gasteiger partial charge in [-0.05, 0) is 32.0 Å². The predicted octanol–water partition coefficient (Wildman–Crippen LogP) is 3.50. The van der Waals surface area contributed by atoms with Crippen LogP contribution in [0.5, 0.6) is 0 Å². The Kier molecular flexibility index (Phi) is 3.85. The van der Waals surface area contributed by atoms with Crippen LogP contribution in [0.15, 0.2) is 34.7 Å². The van der Waals surface area contributed by atoms with Crippen LogP contribution in [0.25, 0.3) is 11.0 Å². The van der Waals surface area contributed by atoms with Crippen LogP contribution in [-0.4, -0.2) is 6.54 Å². The highest BCUT2D eigenvalue weighted by molar-refractivity contribution is 5.77. The second kappa shape index (κ2) is 5.56. The summed E-state index contributed by atoms with van der Waals surface area (Å²) in [6.07, 6.45) is 7.03. The smallest absolute Gasteiger partial charge is 0.134 e. The van der Waals surface area contributed by atoms with E-state index in [1.165, 1.54) is 0 Å². The summed E-state index contributed by atoms with van der Waals surface area (Å²) >= 11 is 0. The van der Waals surface area contributed by atoms with Crippen LogP contribution in [-0.2, 0) is 0 Å². The Hall–Kier alpha value is -1.72. The van der Waals surface area contributed by atoms with Crippen LogP contribution in [0.3, 0.4) is 0 Å². The van der Waals surface area contributed by atoms with Gasteiger partial charge in [0.2, 0.25) is 0 Å². The first kappa shape index (κ1) is 11.8. The molecule has 1 aromatic carbocycles. The summed E-state index contributed by atoms with van der Waals surface area (Å²) in [7, 11) is 0. The Morgan fingerprint density at radius 3 is 3.00 bits per heavy atom. The van der Waals surface area contributed by atoms with Crippen molar-refractivity contribution < 1.29 is 4.42 Å². The molecule has 2 aromatic rings. The summed E-state index contributed by atoms with van der Waals surface area (Å²) in [4.78, 5) is 0. The molecule has 0 amide bonds. The lowest BCUT2D eigenvalue weighted by Gasteiger charge is -2.09. The van der Waals surface area contributed by atoms with Crippen LogP contribution in [0.4, 0.5) is 0 Å². The molecule has 0 aliphatic heterocycles. The molecule has 0 fully saturated rings. The van der Waals surface area contributed by atoms with Crippen molar-refractivity contribution in [1.82, 2.24) is 5.32 Å². The number of unbranched alkanes of at least 4 members (excludes halogenated alkanes) is 1. The van der Waals surface area contributed by atoms with Gasteiger partial charge in [0, 0.05) is 11.8 Å². The zero-order chi connectivity index (χ0) is 12.1. The van der Waals surface area contributed by atoms with Crippen molar-refractivity contribution in [2.75, 3.05) is 6.54 Å². The van der Waals surface area contributed by atoms with Crippen molar-refractivity contribution in [3.63, 3.8) is 0 Å². The van der Waals surface area contributed by atoms with Crippen molar-refractivity contribution in [3.8, 4) is 12.3 Å². The Morgan fingerprint density at radius 1 is 1.41 bits per heavy atom. The fourth-order valence-electron chi connectivity index (χ4n) is 1.83. The van der Waals surface area contributed by atoms with Crippen molar-refractivity contribution in [3.05, 3.63) is 36.1 Å². The lowest BCUT2D eigenvalue weighted by molar-refractivity contribution is 0.450. The van der Waals surface area contributed by atoms with E-state index < -0.39 is 0 Å². The van der Waals surface area contributed by atoms with E-state index in [0.29, 0.717) is 0 Å². The van der Waals surface area contributed by atoms with Crippen molar-refractivity contribution >= 4 is 11.0 Å². The van der Waals surface area contributed by atoms with E-state index in [2.05, 4.69) is 30.3 Å². The van der Waals surface area contributed by atoms with Gasteiger partial charge in [0.25, 0.3) is 0 Å². The van der Waals surface area contributed by atoms with Crippen molar-refractivity contribution in [1.29, 1.82) is 0 Å². The summed E-state index contributed by atoms with van der Waals surface area (Å²) in [5, 5.41) is 4.56. The summed E-state index contributed by atoms with van der Waals surface area (Å²) in [5.74, 6) is 3.62. The second-order valence-corrected chi connectivity index (χ2v) is 4.17. The molecule has 2 heteroatoms. The van der Waals surface area contributed by atoms with Crippen LogP contribution in [0.2, 0.25) is 0 Å². The number of hydrogen-bond acceptors (Lipinski definition) is 2. The molecule has 1 heterocycles. The summed E-state index contributed by atoms with van der Waals surface area (Å²) in [5.41, 5.74) is 0.944.